The summed E-state index contributed by atoms with van der Waals surface area (Å²) in [5, 5.41) is 13.7. The Kier molecular flexibility index (Phi) is 6.25. The van der Waals surface area contributed by atoms with Crippen molar-refractivity contribution >= 4 is 34.9 Å². The van der Waals surface area contributed by atoms with E-state index in [0.717, 1.165) is 10.4 Å². The molecule has 0 fully saturated rings. The number of primary amides is 1. The third kappa shape index (κ3) is 4.95. The molecule has 3 aromatic rings. The van der Waals surface area contributed by atoms with Crippen molar-refractivity contribution in [2.75, 3.05) is 5.75 Å². The van der Waals surface area contributed by atoms with E-state index in [0.29, 0.717) is 11.0 Å². The second-order valence-corrected chi connectivity index (χ2v) is 7.71. The van der Waals surface area contributed by atoms with E-state index in [-0.39, 0.29) is 24.2 Å². The first kappa shape index (κ1) is 19.1. The fraction of sp³-hybridized carbons (Fsp3) is 0.222. The van der Waals surface area contributed by atoms with Crippen molar-refractivity contribution in [2.24, 2.45) is 5.73 Å². The van der Waals surface area contributed by atoms with E-state index in [1.54, 1.807) is 4.57 Å². The standard InChI is InChI=1S/C18H19N5O2S2/c1-12(13-6-3-2-4-7-13)20-16(25)11-27-18-22-21-17(14-8-5-9-26-14)23(18)10-15(19)24/h2-9,12H,10-11H2,1H3,(H2,19,24)(H,20,25)/t12-/m1/s1. The van der Waals surface area contributed by atoms with Gasteiger partial charge in [0, 0.05) is 0 Å². The molecule has 0 aliphatic carbocycles. The van der Waals surface area contributed by atoms with Gasteiger partial charge < -0.3 is 11.1 Å². The van der Waals surface area contributed by atoms with Crippen molar-refractivity contribution in [3.05, 3.63) is 53.4 Å². The Morgan fingerprint density at radius 2 is 2.00 bits per heavy atom. The predicted molar refractivity (Wildman–Crippen MR) is 106 cm³/mol. The third-order valence-corrected chi connectivity index (χ3v) is 5.61. The predicted octanol–water partition coefficient (Wildman–Crippen LogP) is 2.46. The summed E-state index contributed by atoms with van der Waals surface area (Å²) in [6.45, 7) is 1.90. The highest BCUT2D eigenvalue weighted by Gasteiger charge is 2.18. The number of thiophene rings is 1. The van der Waals surface area contributed by atoms with Gasteiger partial charge in [-0.2, -0.15) is 0 Å². The number of carbonyl (C=O) groups is 2. The van der Waals surface area contributed by atoms with Crippen LogP contribution in [0.2, 0.25) is 0 Å². The molecule has 2 aromatic heterocycles. The Balaban J connectivity index is 1.66. The van der Waals surface area contributed by atoms with Crippen molar-refractivity contribution in [1.29, 1.82) is 0 Å². The number of nitrogens with two attached hydrogens (primary N) is 1. The van der Waals surface area contributed by atoms with Crippen LogP contribution in [0.4, 0.5) is 0 Å². The zero-order valence-electron chi connectivity index (χ0n) is 14.7. The van der Waals surface area contributed by atoms with E-state index in [9.17, 15) is 9.59 Å². The summed E-state index contributed by atoms with van der Waals surface area (Å²) in [7, 11) is 0. The van der Waals surface area contributed by atoms with Crippen LogP contribution in [0.5, 0.6) is 0 Å². The maximum atomic E-state index is 12.3. The van der Waals surface area contributed by atoms with Crippen LogP contribution in [0, 0.1) is 0 Å². The molecule has 9 heteroatoms. The molecule has 3 N–H and O–H groups in total. The zero-order valence-corrected chi connectivity index (χ0v) is 16.3. The van der Waals surface area contributed by atoms with Crippen molar-refractivity contribution in [3.8, 4) is 10.7 Å². The summed E-state index contributed by atoms with van der Waals surface area (Å²) >= 11 is 2.72. The SMILES string of the molecule is C[C@@H](NC(=O)CSc1nnc(-c2cccs2)n1CC(N)=O)c1ccccc1. The third-order valence-electron chi connectivity index (χ3n) is 3.78. The fourth-order valence-electron chi connectivity index (χ4n) is 2.52. The molecule has 0 saturated heterocycles. The molecule has 2 amide bonds. The lowest BCUT2D eigenvalue weighted by molar-refractivity contribution is -0.119. The molecule has 1 atom stereocenters. The summed E-state index contributed by atoms with van der Waals surface area (Å²) in [5.74, 6) is 0.127. The first-order chi connectivity index (χ1) is 13.0. The Morgan fingerprint density at radius 3 is 2.67 bits per heavy atom. The molecule has 0 radical (unpaired) electrons. The van der Waals surface area contributed by atoms with Crippen LogP contribution >= 0.6 is 23.1 Å². The number of aromatic nitrogens is 3. The number of nitrogens with one attached hydrogen (secondary N) is 1. The van der Waals surface area contributed by atoms with E-state index in [4.69, 9.17) is 5.73 Å². The maximum Gasteiger partial charge on any atom is 0.237 e. The molecule has 3 rings (SSSR count). The van der Waals surface area contributed by atoms with Crippen molar-refractivity contribution in [2.45, 2.75) is 24.7 Å². The molecule has 0 spiro atoms. The lowest BCUT2D eigenvalue weighted by Crippen LogP contribution is -2.28. The normalized spacial score (nSPS) is 11.9. The second kappa shape index (κ2) is 8.83. The van der Waals surface area contributed by atoms with E-state index >= 15 is 0 Å². The number of hydrogen-bond acceptors (Lipinski definition) is 6. The topological polar surface area (TPSA) is 103 Å². The van der Waals surface area contributed by atoms with Crippen LogP contribution in [-0.4, -0.2) is 32.3 Å². The average molecular weight is 402 g/mol. The Hall–Kier alpha value is -2.65. The largest absolute Gasteiger partial charge is 0.368 e. The molecule has 0 aliphatic heterocycles. The van der Waals surface area contributed by atoms with Crippen LogP contribution in [0.1, 0.15) is 18.5 Å². The van der Waals surface area contributed by atoms with Crippen LogP contribution < -0.4 is 11.1 Å². The molecule has 140 valence electrons. The Bertz CT molecular complexity index is 909. The highest BCUT2D eigenvalue weighted by molar-refractivity contribution is 7.99. The Morgan fingerprint density at radius 1 is 1.22 bits per heavy atom. The smallest absolute Gasteiger partial charge is 0.237 e. The molecular formula is C18H19N5O2S2. The van der Waals surface area contributed by atoms with Crippen LogP contribution in [-0.2, 0) is 16.1 Å². The Labute approximate surface area is 165 Å². The number of amides is 2. The fourth-order valence-corrected chi connectivity index (χ4v) is 3.99. The minimum absolute atomic E-state index is 0.0371. The first-order valence-electron chi connectivity index (χ1n) is 8.27. The summed E-state index contributed by atoms with van der Waals surface area (Å²) < 4.78 is 1.65. The maximum absolute atomic E-state index is 12.3. The minimum atomic E-state index is -0.489. The van der Waals surface area contributed by atoms with E-state index in [1.807, 2.05) is 54.8 Å². The number of hydrogen-bond donors (Lipinski definition) is 2. The summed E-state index contributed by atoms with van der Waals surface area (Å²) in [6.07, 6.45) is 0. The monoisotopic (exact) mass is 401 g/mol. The molecule has 0 aliphatic rings. The zero-order chi connectivity index (χ0) is 19.2. The van der Waals surface area contributed by atoms with Crippen LogP contribution in [0.3, 0.4) is 0 Å². The molecule has 0 unspecified atom stereocenters. The van der Waals surface area contributed by atoms with Gasteiger partial charge in [-0.05, 0) is 23.9 Å². The molecule has 7 nitrogen and oxygen atoms in total. The number of rotatable bonds is 8. The van der Waals surface area contributed by atoms with Crippen molar-refractivity contribution in [1.82, 2.24) is 20.1 Å². The first-order valence-corrected chi connectivity index (χ1v) is 10.1. The number of benzene rings is 1. The molecule has 0 saturated carbocycles. The quantitative estimate of drug-likeness (QED) is 0.565. The van der Waals surface area contributed by atoms with Crippen LogP contribution in [0.25, 0.3) is 10.7 Å². The number of carbonyl (C=O) groups excluding carboxylic acids is 2. The second-order valence-electron chi connectivity index (χ2n) is 5.82. The average Bonchev–Trinajstić information content (AvgIpc) is 3.30. The van der Waals surface area contributed by atoms with Gasteiger partial charge in [0.05, 0.1) is 16.7 Å². The minimum Gasteiger partial charge on any atom is -0.368 e. The molecule has 1 aromatic carbocycles. The number of nitrogens with zero attached hydrogens (tertiary/aromatic N) is 3. The van der Waals surface area contributed by atoms with Gasteiger partial charge in [0.1, 0.15) is 6.54 Å². The van der Waals surface area contributed by atoms with Gasteiger partial charge >= 0.3 is 0 Å². The summed E-state index contributed by atoms with van der Waals surface area (Å²) in [6, 6.07) is 13.4. The van der Waals surface area contributed by atoms with Gasteiger partial charge in [-0.3, -0.25) is 14.2 Å². The lowest BCUT2D eigenvalue weighted by Gasteiger charge is -2.14. The van der Waals surface area contributed by atoms with Gasteiger partial charge in [0.2, 0.25) is 11.8 Å². The van der Waals surface area contributed by atoms with Crippen molar-refractivity contribution < 1.29 is 9.59 Å². The van der Waals surface area contributed by atoms with Gasteiger partial charge in [-0.15, -0.1) is 21.5 Å². The summed E-state index contributed by atoms with van der Waals surface area (Å²) in [4.78, 5) is 24.6. The molecular weight excluding hydrogens is 382 g/mol. The lowest BCUT2D eigenvalue weighted by atomic mass is 10.1. The summed E-state index contributed by atoms with van der Waals surface area (Å²) in [5.41, 5.74) is 6.40. The molecule has 27 heavy (non-hydrogen) atoms. The molecule has 0 bridgehead atoms. The van der Waals surface area contributed by atoms with Gasteiger partial charge in [0.25, 0.3) is 0 Å². The van der Waals surface area contributed by atoms with E-state index in [1.165, 1.54) is 23.1 Å². The van der Waals surface area contributed by atoms with Crippen molar-refractivity contribution in [3.63, 3.8) is 0 Å². The highest BCUT2D eigenvalue weighted by Crippen LogP contribution is 2.27. The van der Waals surface area contributed by atoms with Crippen LogP contribution in [0.15, 0.2) is 53.0 Å². The van der Waals surface area contributed by atoms with E-state index < -0.39 is 5.91 Å². The van der Waals surface area contributed by atoms with Gasteiger partial charge in [-0.1, -0.05) is 48.2 Å². The number of thioether (sulfide) groups is 1. The van der Waals surface area contributed by atoms with Gasteiger partial charge in [-0.25, -0.2) is 0 Å². The molecule has 2 heterocycles. The van der Waals surface area contributed by atoms with Gasteiger partial charge in [0.15, 0.2) is 11.0 Å². The highest BCUT2D eigenvalue weighted by atomic mass is 32.2. The van der Waals surface area contributed by atoms with E-state index in [2.05, 4.69) is 15.5 Å².